The van der Waals surface area contributed by atoms with Gasteiger partial charge in [-0.2, -0.15) is 0 Å². The predicted molar refractivity (Wildman–Crippen MR) is 97.3 cm³/mol. The molecule has 130 valence electrons. The van der Waals surface area contributed by atoms with Gasteiger partial charge in [0.15, 0.2) is 11.6 Å². The maximum Gasteiger partial charge on any atom is 0.193 e. The number of halogens is 1. The van der Waals surface area contributed by atoms with Crippen molar-refractivity contribution in [3.05, 3.63) is 101 Å². The zero-order valence-corrected chi connectivity index (χ0v) is 14.2. The third-order valence-electron chi connectivity index (χ3n) is 4.10. The van der Waals surface area contributed by atoms with E-state index in [1.165, 1.54) is 31.4 Å². The molecule has 4 heteroatoms. The first-order valence-corrected chi connectivity index (χ1v) is 8.14. The molecular formula is C22H17FO3. The topological polar surface area (TPSA) is 43.4 Å². The standard InChI is InChI=1S/C22H17FO3/c1-26-21-12-9-17(22(25)16-5-3-2-4-6-16)13-18(21)14-20(24)15-7-10-19(23)11-8-15/h2-13H,14H2,1H3. The van der Waals surface area contributed by atoms with Crippen LogP contribution in [0.1, 0.15) is 31.8 Å². The highest BCUT2D eigenvalue weighted by Crippen LogP contribution is 2.23. The fraction of sp³-hybridized carbons (Fsp3) is 0.0909. The molecule has 3 rings (SSSR count). The van der Waals surface area contributed by atoms with E-state index in [2.05, 4.69) is 0 Å². The van der Waals surface area contributed by atoms with Crippen LogP contribution in [0.15, 0.2) is 72.8 Å². The molecule has 0 aliphatic heterocycles. The molecule has 0 unspecified atom stereocenters. The monoisotopic (exact) mass is 348 g/mol. The molecule has 0 radical (unpaired) electrons. The molecule has 0 heterocycles. The molecule has 0 saturated carbocycles. The Hall–Kier alpha value is -3.27. The summed E-state index contributed by atoms with van der Waals surface area (Å²) >= 11 is 0. The molecule has 0 aliphatic rings. The molecule has 0 bridgehead atoms. The van der Waals surface area contributed by atoms with Crippen LogP contribution in [-0.4, -0.2) is 18.7 Å². The Morgan fingerprint density at radius 3 is 2.15 bits per heavy atom. The van der Waals surface area contributed by atoms with Gasteiger partial charge in [0.25, 0.3) is 0 Å². The minimum atomic E-state index is -0.394. The molecule has 3 aromatic carbocycles. The molecule has 0 spiro atoms. The second-order valence-electron chi connectivity index (χ2n) is 5.83. The van der Waals surface area contributed by atoms with Crippen molar-refractivity contribution < 1.29 is 18.7 Å². The highest BCUT2D eigenvalue weighted by molar-refractivity contribution is 6.09. The number of ketones is 2. The molecule has 0 N–H and O–H groups in total. The van der Waals surface area contributed by atoms with E-state index in [0.717, 1.165) is 0 Å². The second-order valence-corrected chi connectivity index (χ2v) is 5.83. The van der Waals surface area contributed by atoms with Crippen LogP contribution in [0.25, 0.3) is 0 Å². The number of carbonyl (C=O) groups is 2. The lowest BCUT2D eigenvalue weighted by atomic mass is 9.97. The Labute approximate surface area is 151 Å². The number of hydrogen-bond donors (Lipinski definition) is 0. The van der Waals surface area contributed by atoms with Gasteiger partial charge in [-0.1, -0.05) is 30.3 Å². The average Bonchev–Trinajstić information content (AvgIpc) is 2.68. The first kappa shape index (κ1) is 17.5. The lowest BCUT2D eigenvalue weighted by molar-refractivity contribution is 0.0989. The van der Waals surface area contributed by atoms with Gasteiger partial charge >= 0.3 is 0 Å². The van der Waals surface area contributed by atoms with Crippen molar-refractivity contribution in [2.45, 2.75) is 6.42 Å². The van der Waals surface area contributed by atoms with Crippen LogP contribution in [0.2, 0.25) is 0 Å². The summed E-state index contributed by atoms with van der Waals surface area (Å²) in [5, 5.41) is 0. The van der Waals surface area contributed by atoms with Crippen LogP contribution in [0.5, 0.6) is 5.75 Å². The highest BCUT2D eigenvalue weighted by Gasteiger charge is 2.15. The lowest BCUT2D eigenvalue weighted by Gasteiger charge is -2.10. The number of rotatable bonds is 6. The van der Waals surface area contributed by atoms with Gasteiger partial charge in [-0.3, -0.25) is 9.59 Å². The van der Waals surface area contributed by atoms with E-state index in [-0.39, 0.29) is 18.0 Å². The van der Waals surface area contributed by atoms with Gasteiger partial charge in [0.1, 0.15) is 11.6 Å². The molecule has 0 aliphatic carbocycles. The van der Waals surface area contributed by atoms with Gasteiger partial charge < -0.3 is 4.74 Å². The van der Waals surface area contributed by atoms with E-state index < -0.39 is 5.82 Å². The maximum atomic E-state index is 13.0. The van der Waals surface area contributed by atoms with Crippen LogP contribution >= 0.6 is 0 Å². The third-order valence-corrected chi connectivity index (χ3v) is 4.10. The Morgan fingerprint density at radius 1 is 0.846 bits per heavy atom. The number of hydrogen-bond acceptors (Lipinski definition) is 3. The summed E-state index contributed by atoms with van der Waals surface area (Å²) in [6.45, 7) is 0. The Kier molecular flexibility index (Phi) is 5.23. The van der Waals surface area contributed by atoms with Crippen molar-refractivity contribution in [3.63, 3.8) is 0 Å². The summed E-state index contributed by atoms with van der Waals surface area (Å²) in [5.74, 6) is -0.156. The first-order chi connectivity index (χ1) is 12.6. The molecule has 3 aromatic rings. The zero-order valence-electron chi connectivity index (χ0n) is 14.2. The van der Waals surface area contributed by atoms with Crippen molar-refractivity contribution >= 4 is 11.6 Å². The van der Waals surface area contributed by atoms with E-state index in [4.69, 9.17) is 4.74 Å². The number of methoxy groups -OCH3 is 1. The predicted octanol–water partition coefficient (Wildman–Crippen LogP) is 4.49. The summed E-state index contributed by atoms with van der Waals surface area (Å²) in [4.78, 5) is 25.1. The van der Waals surface area contributed by atoms with E-state index in [1.807, 2.05) is 6.07 Å². The lowest BCUT2D eigenvalue weighted by Crippen LogP contribution is -2.08. The summed E-state index contributed by atoms with van der Waals surface area (Å²) in [6, 6.07) is 19.4. The van der Waals surface area contributed by atoms with Crippen LogP contribution in [0.3, 0.4) is 0 Å². The quantitative estimate of drug-likeness (QED) is 0.617. The maximum absolute atomic E-state index is 13.0. The first-order valence-electron chi connectivity index (χ1n) is 8.14. The van der Waals surface area contributed by atoms with Crippen molar-refractivity contribution in [3.8, 4) is 5.75 Å². The van der Waals surface area contributed by atoms with Crippen LogP contribution in [0.4, 0.5) is 4.39 Å². The van der Waals surface area contributed by atoms with E-state index in [0.29, 0.717) is 28.0 Å². The molecule has 0 atom stereocenters. The minimum absolute atomic E-state index is 0.0602. The number of Topliss-reactive ketones (excluding diaryl/α,β-unsaturated/α-hetero) is 1. The molecule has 0 saturated heterocycles. The molecule has 3 nitrogen and oxygen atoms in total. The second kappa shape index (κ2) is 7.74. The Morgan fingerprint density at radius 2 is 1.50 bits per heavy atom. The molecule has 0 amide bonds. The van der Waals surface area contributed by atoms with Crippen molar-refractivity contribution in [2.24, 2.45) is 0 Å². The van der Waals surface area contributed by atoms with E-state index in [1.54, 1.807) is 42.5 Å². The number of ether oxygens (including phenoxy) is 1. The normalized spacial score (nSPS) is 10.4. The van der Waals surface area contributed by atoms with E-state index >= 15 is 0 Å². The summed E-state index contributed by atoms with van der Waals surface area (Å²) in [5.41, 5.74) is 2.09. The van der Waals surface area contributed by atoms with E-state index in [9.17, 15) is 14.0 Å². The van der Waals surface area contributed by atoms with Crippen molar-refractivity contribution in [2.75, 3.05) is 7.11 Å². The zero-order chi connectivity index (χ0) is 18.5. The van der Waals surface area contributed by atoms with Gasteiger partial charge in [0, 0.05) is 28.7 Å². The van der Waals surface area contributed by atoms with Crippen LogP contribution in [-0.2, 0) is 6.42 Å². The number of carbonyl (C=O) groups excluding carboxylic acids is 2. The average molecular weight is 348 g/mol. The fourth-order valence-electron chi connectivity index (χ4n) is 2.72. The van der Waals surface area contributed by atoms with Crippen LogP contribution in [0, 0.1) is 5.82 Å². The summed E-state index contributed by atoms with van der Waals surface area (Å²) in [6.07, 6.45) is 0.0602. The van der Waals surface area contributed by atoms with Gasteiger partial charge in [0.2, 0.25) is 0 Å². The van der Waals surface area contributed by atoms with Gasteiger partial charge in [0.05, 0.1) is 7.11 Å². The number of benzene rings is 3. The molecular weight excluding hydrogens is 331 g/mol. The van der Waals surface area contributed by atoms with Crippen molar-refractivity contribution in [1.29, 1.82) is 0 Å². The summed E-state index contributed by atoms with van der Waals surface area (Å²) < 4.78 is 18.3. The van der Waals surface area contributed by atoms with Gasteiger partial charge in [-0.25, -0.2) is 4.39 Å². The Bertz CT molecular complexity index is 931. The minimum Gasteiger partial charge on any atom is -0.496 e. The molecule has 0 aromatic heterocycles. The largest absolute Gasteiger partial charge is 0.496 e. The molecule has 26 heavy (non-hydrogen) atoms. The fourth-order valence-corrected chi connectivity index (χ4v) is 2.72. The molecule has 0 fully saturated rings. The van der Waals surface area contributed by atoms with Gasteiger partial charge in [-0.15, -0.1) is 0 Å². The van der Waals surface area contributed by atoms with Crippen molar-refractivity contribution in [1.82, 2.24) is 0 Å². The SMILES string of the molecule is COc1ccc(C(=O)c2ccccc2)cc1CC(=O)c1ccc(F)cc1. The highest BCUT2D eigenvalue weighted by atomic mass is 19.1. The summed E-state index contributed by atoms with van der Waals surface area (Å²) in [7, 11) is 1.51. The third kappa shape index (κ3) is 3.86. The smallest absolute Gasteiger partial charge is 0.193 e. The van der Waals surface area contributed by atoms with Crippen LogP contribution < -0.4 is 4.74 Å². The Balaban J connectivity index is 1.89. The van der Waals surface area contributed by atoms with Gasteiger partial charge in [-0.05, 0) is 42.5 Å².